The van der Waals surface area contributed by atoms with Crippen molar-refractivity contribution in [3.63, 3.8) is 0 Å². The van der Waals surface area contributed by atoms with Crippen molar-refractivity contribution in [2.24, 2.45) is 0 Å². The van der Waals surface area contributed by atoms with Crippen molar-refractivity contribution in [1.82, 2.24) is 4.90 Å². The first-order valence-electron chi connectivity index (χ1n) is 6.78. The molecular formula is C15H20N2O4. The van der Waals surface area contributed by atoms with Crippen LogP contribution in [0.4, 0.5) is 5.69 Å². The molecule has 0 bridgehead atoms. The average Bonchev–Trinajstić information content (AvgIpc) is 2.46. The Morgan fingerprint density at radius 3 is 2.71 bits per heavy atom. The number of carbonyl (C=O) groups is 2. The van der Waals surface area contributed by atoms with E-state index >= 15 is 0 Å². The fourth-order valence-corrected chi connectivity index (χ4v) is 2.24. The zero-order chi connectivity index (χ0) is 15.6. The molecule has 0 fully saturated rings. The summed E-state index contributed by atoms with van der Waals surface area (Å²) in [5.74, 6) is 0.854. The minimum atomic E-state index is -0.573. The Labute approximate surface area is 124 Å². The van der Waals surface area contributed by atoms with Crippen molar-refractivity contribution < 1.29 is 19.1 Å². The fraction of sp³-hybridized carbons (Fsp3) is 0.467. The molecule has 0 radical (unpaired) electrons. The van der Waals surface area contributed by atoms with Crippen LogP contribution in [0.3, 0.4) is 0 Å². The van der Waals surface area contributed by atoms with Gasteiger partial charge in [0.2, 0.25) is 0 Å². The third-order valence-electron chi connectivity index (χ3n) is 3.38. The van der Waals surface area contributed by atoms with Gasteiger partial charge in [-0.2, -0.15) is 0 Å². The second-order valence-corrected chi connectivity index (χ2v) is 5.24. The number of hydrogen-bond acceptors (Lipinski definition) is 5. The summed E-state index contributed by atoms with van der Waals surface area (Å²) in [5, 5.41) is 0. The molecule has 1 aromatic carbocycles. The van der Waals surface area contributed by atoms with E-state index in [4.69, 9.17) is 9.47 Å². The van der Waals surface area contributed by atoms with Crippen molar-refractivity contribution >= 4 is 17.9 Å². The first-order valence-corrected chi connectivity index (χ1v) is 6.78. The molecule has 0 aromatic heterocycles. The van der Waals surface area contributed by atoms with E-state index in [1.165, 1.54) is 7.11 Å². The number of nitrogens with zero attached hydrogens (tertiary/aromatic N) is 2. The van der Waals surface area contributed by atoms with Gasteiger partial charge >= 0.3 is 0 Å². The number of hydrogen-bond donors (Lipinski definition) is 0. The van der Waals surface area contributed by atoms with Gasteiger partial charge in [-0.05, 0) is 33.2 Å². The molecule has 114 valence electrons. The maximum Gasteiger partial charge on any atom is 0.267 e. The summed E-state index contributed by atoms with van der Waals surface area (Å²) in [6.45, 7) is 2.95. The van der Waals surface area contributed by atoms with Crippen molar-refractivity contribution in [2.45, 2.75) is 13.0 Å². The molecule has 1 aromatic rings. The summed E-state index contributed by atoms with van der Waals surface area (Å²) in [6.07, 6.45) is 0.158. The lowest BCUT2D eigenvalue weighted by atomic mass is 10.1. The van der Waals surface area contributed by atoms with Crippen molar-refractivity contribution in [1.29, 1.82) is 0 Å². The van der Waals surface area contributed by atoms with Gasteiger partial charge < -0.3 is 19.3 Å². The van der Waals surface area contributed by atoms with Crippen LogP contribution in [0.25, 0.3) is 0 Å². The number of amides is 1. The highest BCUT2D eigenvalue weighted by Gasteiger charge is 2.33. The highest BCUT2D eigenvalue weighted by Crippen LogP contribution is 2.42. The minimum Gasteiger partial charge on any atom is -0.493 e. The maximum absolute atomic E-state index is 12.4. The van der Waals surface area contributed by atoms with Gasteiger partial charge in [-0.1, -0.05) is 0 Å². The van der Waals surface area contributed by atoms with Crippen molar-refractivity contribution in [2.75, 3.05) is 39.2 Å². The second-order valence-electron chi connectivity index (χ2n) is 5.24. The smallest absolute Gasteiger partial charge is 0.267 e. The van der Waals surface area contributed by atoms with Gasteiger partial charge in [0.05, 0.1) is 12.8 Å². The van der Waals surface area contributed by atoms with Crippen LogP contribution in [-0.2, 0) is 4.79 Å². The lowest BCUT2D eigenvalue weighted by Crippen LogP contribution is -2.47. The highest BCUT2D eigenvalue weighted by molar-refractivity contribution is 6.01. The third kappa shape index (κ3) is 3.00. The Morgan fingerprint density at radius 2 is 2.14 bits per heavy atom. The molecule has 0 aliphatic carbocycles. The van der Waals surface area contributed by atoms with E-state index in [0.717, 1.165) is 6.29 Å². The van der Waals surface area contributed by atoms with Crippen LogP contribution in [0.15, 0.2) is 12.1 Å². The van der Waals surface area contributed by atoms with E-state index in [0.29, 0.717) is 35.8 Å². The largest absolute Gasteiger partial charge is 0.493 e. The molecule has 6 nitrogen and oxygen atoms in total. The Hall–Kier alpha value is -2.08. The summed E-state index contributed by atoms with van der Waals surface area (Å²) < 4.78 is 10.9. The van der Waals surface area contributed by atoms with Crippen LogP contribution >= 0.6 is 0 Å². The molecule has 2 rings (SSSR count). The van der Waals surface area contributed by atoms with Gasteiger partial charge in [-0.3, -0.25) is 9.59 Å². The van der Waals surface area contributed by atoms with Crippen molar-refractivity contribution in [3.05, 3.63) is 17.7 Å². The van der Waals surface area contributed by atoms with Gasteiger partial charge in [0.25, 0.3) is 5.91 Å². The minimum absolute atomic E-state index is 0.116. The number of likely N-dealkylation sites (N-methyl/N-ethyl adjacent to an activating group) is 1. The quantitative estimate of drug-likeness (QED) is 0.763. The number of carbonyl (C=O) groups excluding carboxylic acids is 2. The molecule has 6 heteroatoms. The van der Waals surface area contributed by atoms with E-state index in [1.54, 1.807) is 24.0 Å². The van der Waals surface area contributed by atoms with Crippen LogP contribution in [0, 0.1) is 0 Å². The first-order chi connectivity index (χ1) is 9.97. The van der Waals surface area contributed by atoms with Crippen LogP contribution in [-0.4, -0.2) is 57.5 Å². The zero-order valence-corrected chi connectivity index (χ0v) is 12.8. The van der Waals surface area contributed by atoms with Gasteiger partial charge in [0.1, 0.15) is 6.29 Å². The summed E-state index contributed by atoms with van der Waals surface area (Å²) >= 11 is 0. The molecule has 0 spiro atoms. The molecule has 1 atom stereocenters. The first kappa shape index (κ1) is 15.3. The normalized spacial score (nSPS) is 17.5. The molecular weight excluding hydrogens is 272 g/mol. The lowest BCUT2D eigenvalue weighted by Gasteiger charge is -2.34. The molecule has 1 amide bonds. The molecule has 0 N–H and O–H groups in total. The van der Waals surface area contributed by atoms with Crippen LogP contribution in [0.1, 0.15) is 17.3 Å². The second kappa shape index (κ2) is 6.13. The van der Waals surface area contributed by atoms with Crippen molar-refractivity contribution in [3.8, 4) is 11.5 Å². The number of methoxy groups -OCH3 is 1. The Bertz CT molecular complexity index is 557. The lowest BCUT2D eigenvalue weighted by molar-refractivity contribution is -0.125. The predicted octanol–water partition coefficient (Wildman–Crippen LogP) is 1.18. The summed E-state index contributed by atoms with van der Waals surface area (Å²) in [6, 6.07) is 3.27. The van der Waals surface area contributed by atoms with Gasteiger partial charge in [-0.15, -0.1) is 0 Å². The number of fused-ring (bicyclic) bond motifs is 1. The standard InChI is InChI=1S/C15H20N2O4/c1-10-15(19)17(6-5-16(2)3)12-7-11(9-18)8-13(20-4)14(12)21-10/h7-10H,5-6H2,1-4H3. The van der Waals surface area contributed by atoms with E-state index in [2.05, 4.69) is 0 Å². The fourth-order valence-electron chi connectivity index (χ4n) is 2.24. The van der Waals surface area contributed by atoms with Crippen LogP contribution in [0.5, 0.6) is 11.5 Å². The molecule has 0 saturated carbocycles. The number of benzene rings is 1. The Kier molecular flexibility index (Phi) is 4.47. The van der Waals surface area contributed by atoms with Gasteiger partial charge in [-0.25, -0.2) is 0 Å². The zero-order valence-electron chi connectivity index (χ0n) is 12.8. The number of anilines is 1. The van der Waals surface area contributed by atoms with E-state index in [1.807, 2.05) is 19.0 Å². The van der Waals surface area contributed by atoms with Gasteiger partial charge in [0, 0.05) is 18.7 Å². The number of rotatable bonds is 5. The number of aldehydes is 1. The van der Waals surface area contributed by atoms with E-state index in [9.17, 15) is 9.59 Å². The molecule has 1 heterocycles. The Balaban J connectivity index is 2.48. The molecule has 21 heavy (non-hydrogen) atoms. The highest BCUT2D eigenvalue weighted by atomic mass is 16.5. The Morgan fingerprint density at radius 1 is 1.43 bits per heavy atom. The monoisotopic (exact) mass is 292 g/mol. The summed E-state index contributed by atoms with van der Waals surface area (Å²) in [7, 11) is 5.40. The summed E-state index contributed by atoms with van der Waals surface area (Å²) in [4.78, 5) is 27.1. The molecule has 1 aliphatic rings. The molecule has 1 unspecified atom stereocenters. The van der Waals surface area contributed by atoms with E-state index in [-0.39, 0.29) is 5.91 Å². The molecule has 0 saturated heterocycles. The topological polar surface area (TPSA) is 59.1 Å². The maximum atomic E-state index is 12.4. The average molecular weight is 292 g/mol. The molecule has 1 aliphatic heterocycles. The SMILES string of the molecule is COc1cc(C=O)cc2c1OC(C)C(=O)N2CCN(C)C. The van der Waals surface area contributed by atoms with Crippen LogP contribution < -0.4 is 14.4 Å². The number of ether oxygens (including phenoxy) is 2. The third-order valence-corrected chi connectivity index (χ3v) is 3.38. The van der Waals surface area contributed by atoms with Gasteiger partial charge in [0.15, 0.2) is 17.6 Å². The summed E-state index contributed by atoms with van der Waals surface area (Å²) in [5.41, 5.74) is 1.04. The van der Waals surface area contributed by atoms with E-state index < -0.39 is 6.10 Å². The predicted molar refractivity (Wildman–Crippen MR) is 79.4 cm³/mol. The van der Waals surface area contributed by atoms with Crippen LogP contribution in [0.2, 0.25) is 0 Å².